The molecule has 0 aliphatic rings. The maximum atomic E-state index is 12.6. The topological polar surface area (TPSA) is 51.5 Å². The van der Waals surface area contributed by atoms with Gasteiger partial charge in [-0.1, -0.05) is 15.9 Å². The molecule has 3 aromatic rings. The van der Waals surface area contributed by atoms with E-state index >= 15 is 0 Å². The first-order valence-corrected chi connectivity index (χ1v) is 9.85. The molecule has 146 valence electrons. The van der Waals surface area contributed by atoms with E-state index in [0.29, 0.717) is 0 Å². The molecular formula is C23H24BrNO3. The van der Waals surface area contributed by atoms with E-state index in [1.807, 2.05) is 58.9 Å². The quantitative estimate of drug-likeness (QED) is 0.471. The van der Waals surface area contributed by atoms with Gasteiger partial charge in [-0.25, -0.2) is 0 Å². The number of furan rings is 1. The van der Waals surface area contributed by atoms with E-state index in [1.54, 1.807) is 13.2 Å². The van der Waals surface area contributed by atoms with Crippen LogP contribution in [0, 0.1) is 27.7 Å². The molecular weight excluding hydrogens is 418 g/mol. The first-order valence-electron chi connectivity index (χ1n) is 9.06. The number of aryl methyl sites for hydroxylation is 4. The van der Waals surface area contributed by atoms with Crippen molar-refractivity contribution in [2.75, 3.05) is 12.4 Å². The maximum absolute atomic E-state index is 12.6. The minimum atomic E-state index is -0.178. The number of amides is 1. The summed E-state index contributed by atoms with van der Waals surface area (Å²) in [5.41, 5.74) is 6.36. The third-order valence-electron chi connectivity index (χ3n) is 5.07. The second kappa shape index (κ2) is 7.84. The predicted octanol–water partition coefficient (Wildman–Crippen LogP) is 6.48. The molecule has 0 radical (unpaired) electrons. The van der Waals surface area contributed by atoms with E-state index in [2.05, 4.69) is 21.2 Å². The van der Waals surface area contributed by atoms with Crippen LogP contribution in [0.25, 0.3) is 16.5 Å². The molecule has 5 heteroatoms. The van der Waals surface area contributed by atoms with E-state index in [0.717, 1.165) is 60.5 Å². The van der Waals surface area contributed by atoms with E-state index in [1.165, 1.54) is 0 Å². The highest BCUT2D eigenvalue weighted by molar-refractivity contribution is 9.10. The Hall–Kier alpha value is -2.53. The van der Waals surface area contributed by atoms with E-state index in [9.17, 15) is 4.79 Å². The Morgan fingerprint density at radius 3 is 2.50 bits per heavy atom. The van der Waals surface area contributed by atoms with Crippen molar-refractivity contribution in [3.05, 3.63) is 62.8 Å². The second-order valence-corrected chi connectivity index (χ2v) is 7.93. The zero-order valence-corrected chi connectivity index (χ0v) is 18.6. The molecule has 0 aliphatic heterocycles. The summed E-state index contributed by atoms with van der Waals surface area (Å²) in [4.78, 5) is 12.6. The van der Waals surface area contributed by atoms with Gasteiger partial charge in [0.2, 0.25) is 5.91 Å². The Morgan fingerprint density at radius 1 is 1.14 bits per heavy atom. The highest BCUT2D eigenvalue weighted by atomic mass is 79.9. The molecule has 4 nitrogen and oxygen atoms in total. The van der Waals surface area contributed by atoms with Gasteiger partial charge in [0.1, 0.15) is 17.1 Å². The SMILES string of the molecule is COc1c(/C(C)=C/C(=O)Nc2ccc(Br)cc2C)cc2c(C)c(C)oc2c1C. The Balaban J connectivity index is 2.00. The van der Waals surface area contributed by atoms with Crippen LogP contribution in [0.15, 0.2) is 39.2 Å². The molecule has 0 unspecified atom stereocenters. The number of hydrogen-bond donors (Lipinski definition) is 1. The Labute approximate surface area is 173 Å². The highest BCUT2D eigenvalue weighted by Gasteiger charge is 2.18. The molecule has 0 atom stereocenters. The molecule has 1 aromatic heterocycles. The minimum Gasteiger partial charge on any atom is -0.496 e. The van der Waals surface area contributed by atoms with Crippen molar-refractivity contribution in [3.63, 3.8) is 0 Å². The van der Waals surface area contributed by atoms with Crippen molar-refractivity contribution in [3.8, 4) is 5.75 Å². The summed E-state index contributed by atoms with van der Waals surface area (Å²) >= 11 is 3.44. The lowest BCUT2D eigenvalue weighted by Crippen LogP contribution is -2.10. The summed E-state index contributed by atoms with van der Waals surface area (Å²) in [6.07, 6.45) is 1.60. The number of carbonyl (C=O) groups is 1. The number of nitrogens with one attached hydrogen (secondary N) is 1. The lowest BCUT2D eigenvalue weighted by atomic mass is 9.98. The lowest BCUT2D eigenvalue weighted by Gasteiger charge is -2.13. The van der Waals surface area contributed by atoms with Gasteiger partial charge in [0.15, 0.2) is 0 Å². The number of benzene rings is 2. The van der Waals surface area contributed by atoms with E-state index < -0.39 is 0 Å². The highest BCUT2D eigenvalue weighted by Crippen LogP contribution is 2.38. The lowest BCUT2D eigenvalue weighted by molar-refractivity contribution is -0.111. The molecule has 1 amide bonds. The number of rotatable bonds is 4. The van der Waals surface area contributed by atoms with Crippen molar-refractivity contribution in [2.24, 2.45) is 0 Å². The fourth-order valence-corrected chi connectivity index (χ4v) is 3.85. The van der Waals surface area contributed by atoms with Gasteiger partial charge < -0.3 is 14.5 Å². The summed E-state index contributed by atoms with van der Waals surface area (Å²) in [5, 5.41) is 3.99. The second-order valence-electron chi connectivity index (χ2n) is 7.02. The van der Waals surface area contributed by atoms with Gasteiger partial charge in [-0.3, -0.25) is 4.79 Å². The molecule has 0 aliphatic carbocycles. The normalized spacial score (nSPS) is 11.8. The number of carbonyl (C=O) groups excluding carboxylic acids is 1. The molecule has 0 fully saturated rings. The summed E-state index contributed by atoms with van der Waals surface area (Å²) in [7, 11) is 1.64. The number of fused-ring (bicyclic) bond motifs is 1. The van der Waals surface area contributed by atoms with Crippen LogP contribution >= 0.6 is 15.9 Å². The van der Waals surface area contributed by atoms with Crippen molar-refractivity contribution < 1.29 is 13.9 Å². The van der Waals surface area contributed by atoms with Gasteiger partial charge in [-0.2, -0.15) is 0 Å². The summed E-state index contributed by atoms with van der Waals surface area (Å²) in [6.45, 7) is 9.85. The first kappa shape index (κ1) is 20.2. The molecule has 0 bridgehead atoms. The molecule has 3 rings (SSSR count). The zero-order valence-electron chi connectivity index (χ0n) is 17.0. The minimum absolute atomic E-state index is 0.178. The molecule has 0 saturated heterocycles. The summed E-state index contributed by atoms with van der Waals surface area (Å²) in [5.74, 6) is 1.44. The van der Waals surface area contributed by atoms with Crippen LogP contribution in [-0.2, 0) is 4.79 Å². The van der Waals surface area contributed by atoms with Crippen LogP contribution in [0.2, 0.25) is 0 Å². The third kappa shape index (κ3) is 3.72. The van der Waals surface area contributed by atoms with Crippen molar-refractivity contribution in [2.45, 2.75) is 34.6 Å². The van der Waals surface area contributed by atoms with Crippen LogP contribution in [-0.4, -0.2) is 13.0 Å². The fraction of sp³-hybridized carbons (Fsp3) is 0.261. The van der Waals surface area contributed by atoms with Crippen molar-refractivity contribution in [1.82, 2.24) is 0 Å². The Morgan fingerprint density at radius 2 is 1.86 bits per heavy atom. The van der Waals surface area contributed by atoms with Crippen LogP contribution in [0.3, 0.4) is 0 Å². The Kier molecular flexibility index (Phi) is 5.66. The summed E-state index contributed by atoms with van der Waals surface area (Å²) < 4.78 is 12.5. The van der Waals surface area contributed by atoms with Crippen LogP contribution in [0.4, 0.5) is 5.69 Å². The number of hydrogen-bond acceptors (Lipinski definition) is 3. The molecule has 28 heavy (non-hydrogen) atoms. The molecule has 2 aromatic carbocycles. The van der Waals surface area contributed by atoms with Crippen LogP contribution < -0.4 is 10.1 Å². The first-order chi connectivity index (χ1) is 13.2. The summed E-state index contributed by atoms with van der Waals surface area (Å²) in [6, 6.07) is 7.80. The largest absolute Gasteiger partial charge is 0.496 e. The Bertz CT molecular complexity index is 1110. The molecule has 1 heterocycles. The number of halogens is 1. The van der Waals surface area contributed by atoms with Crippen molar-refractivity contribution in [1.29, 1.82) is 0 Å². The zero-order chi connectivity index (χ0) is 20.6. The van der Waals surface area contributed by atoms with Gasteiger partial charge in [0.25, 0.3) is 0 Å². The van der Waals surface area contributed by atoms with Crippen LogP contribution in [0.1, 0.15) is 34.9 Å². The average molecular weight is 442 g/mol. The molecule has 1 N–H and O–H groups in total. The number of ether oxygens (including phenoxy) is 1. The number of allylic oxidation sites excluding steroid dienone is 1. The monoisotopic (exact) mass is 441 g/mol. The number of methoxy groups -OCH3 is 1. The van der Waals surface area contributed by atoms with Gasteiger partial charge >= 0.3 is 0 Å². The van der Waals surface area contributed by atoms with E-state index in [-0.39, 0.29) is 5.91 Å². The van der Waals surface area contributed by atoms with Crippen molar-refractivity contribution >= 4 is 44.1 Å². The maximum Gasteiger partial charge on any atom is 0.248 e. The standard InChI is InChI=1S/C23H24BrNO3/c1-12(10-21(26)25-20-8-7-17(24)9-13(20)2)18-11-19-14(3)16(5)28-23(19)15(4)22(18)27-6/h7-11H,1-6H3,(H,25,26)/b12-10+. The average Bonchev–Trinajstić information content (AvgIpc) is 2.92. The molecule has 0 spiro atoms. The van der Waals surface area contributed by atoms with Gasteiger partial charge in [0.05, 0.1) is 7.11 Å². The fourth-order valence-electron chi connectivity index (χ4n) is 3.38. The van der Waals surface area contributed by atoms with E-state index in [4.69, 9.17) is 9.15 Å². The number of anilines is 1. The molecule has 0 saturated carbocycles. The van der Waals surface area contributed by atoms with Crippen LogP contribution in [0.5, 0.6) is 5.75 Å². The van der Waals surface area contributed by atoms with Gasteiger partial charge in [-0.15, -0.1) is 0 Å². The van der Waals surface area contributed by atoms with Gasteiger partial charge in [0, 0.05) is 32.7 Å². The predicted molar refractivity (Wildman–Crippen MR) is 118 cm³/mol. The van der Waals surface area contributed by atoms with Gasteiger partial charge in [-0.05, 0) is 75.6 Å². The smallest absolute Gasteiger partial charge is 0.248 e. The third-order valence-corrected chi connectivity index (χ3v) is 5.56.